The fourth-order valence-electron chi connectivity index (χ4n) is 2.59. The van der Waals surface area contributed by atoms with Crippen LogP contribution in [0.1, 0.15) is 23.6 Å². The number of hydrogen-bond acceptors (Lipinski definition) is 3. The summed E-state index contributed by atoms with van der Waals surface area (Å²) in [7, 11) is 0. The van der Waals surface area contributed by atoms with Gasteiger partial charge in [-0.05, 0) is 30.2 Å². The Morgan fingerprint density at radius 3 is 2.00 bits per heavy atom. The van der Waals surface area contributed by atoms with Crippen LogP contribution in [0.4, 0.5) is 0 Å². The molecule has 0 saturated heterocycles. The lowest BCUT2D eigenvalue weighted by molar-refractivity contribution is 0.245. The van der Waals surface area contributed by atoms with Gasteiger partial charge in [-0.2, -0.15) is 0 Å². The molecule has 1 unspecified atom stereocenters. The van der Waals surface area contributed by atoms with Gasteiger partial charge in [0.1, 0.15) is 24.7 Å². The Morgan fingerprint density at radius 2 is 1.41 bits per heavy atom. The van der Waals surface area contributed by atoms with Gasteiger partial charge in [-0.1, -0.05) is 72.8 Å². The Hall–Kier alpha value is -3.04. The van der Waals surface area contributed by atoms with Gasteiger partial charge in [-0.15, -0.1) is 0 Å². The standard InChI is InChI=1S/C24H24O3/c1-19(25)12-13-22-14-15-23(26-17-20-8-4-2-5-9-20)16-24(22)27-18-21-10-6-3-7-11-21/h2-16,19,25H,17-18H2,1H3. The van der Waals surface area contributed by atoms with Gasteiger partial charge in [0.25, 0.3) is 0 Å². The number of aliphatic hydroxyl groups excluding tert-OH is 1. The zero-order valence-electron chi connectivity index (χ0n) is 15.4. The third kappa shape index (κ3) is 6.01. The van der Waals surface area contributed by atoms with E-state index in [0.717, 1.165) is 28.2 Å². The van der Waals surface area contributed by atoms with Crippen molar-refractivity contribution in [3.63, 3.8) is 0 Å². The zero-order valence-corrected chi connectivity index (χ0v) is 15.4. The van der Waals surface area contributed by atoms with Crippen molar-refractivity contribution in [2.75, 3.05) is 0 Å². The lowest BCUT2D eigenvalue weighted by Gasteiger charge is -2.13. The summed E-state index contributed by atoms with van der Waals surface area (Å²) in [6.45, 7) is 2.69. The van der Waals surface area contributed by atoms with Gasteiger partial charge < -0.3 is 14.6 Å². The van der Waals surface area contributed by atoms with Crippen LogP contribution in [0.25, 0.3) is 6.08 Å². The van der Waals surface area contributed by atoms with Gasteiger partial charge in [0.2, 0.25) is 0 Å². The van der Waals surface area contributed by atoms with Crippen LogP contribution in [0.15, 0.2) is 84.9 Å². The Kier molecular flexibility index (Phi) is 6.66. The molecule has 0 spiro atoms. The molecular weight excluding hydrogens is 336 g/mol. The third-order valence-electron chi connectivity index (χ3n) is 4.02. The molecule has 0 aliphatic heterocycles. The van der Waals surface area contributed by atoms with Crippen molar-refractivity contribution in [1.82, 2.24) is 0 Å². The molecular formula is C24H24O3. The largest absolute Gasteiger partial charge is 0.489 e. The molecule has 3 rings (SSSR count). The maximum atomic E-state index is 9.53. The van der Waals surface area contributed by atoms with Crippen LogP contribution in [-0.2, 0) is 13.2 Å². The highest BCUT2D eigenvalue weighted by Gasteiger charge is 2.06. The smallest absolute Gasteiger partial charge is 0.130 e. The first-order valence-corrected chi connectivity index (χ1v) is 9.04. The van der Waals surface area contributed by atoms with E-state index in [9.17, 15) is 5.11 Å². The van der Waals surface area contributed by atoms with Gasteiger partial charge in [0, 0.05) is 11.6 Å². The van der Waals surface area contributed by atoms with E-state index in [-0.39, 0.29) is 0 Å². The van der Waals surface area contributed by atoms with Gasteiger partial charge in [-0.3, -0.25) is 0 Å². The van der Waals surface area contributed by atoms with Crippen molar-refractivity contribution in [3.8, 4) is 11.5 Å². The van der Waals surface area contributed by atoms with Crippen LogP contribution in [0.5, 0.6) is 11.5 Å². The Balaban J connectivity index is 1.75. The zero-order chi connectivity index (χ0) is 18.9. The van der Waals surface area contributed by atoms with E-state index in [4.69, 9.17) is 9.47 Å². The number of hydrogen-bond donors (Lipinski definition) is 1. The van der Waals surface area contributed by atoms with Crippen LogP contribution < -0.4 is 9.47 Å². The summed E-state index contributed by atoms with van der Waals surface area (Å²) in [5.74, 6) is 1.47. The lowest BCUT2D eigenvalue weighted by atomic mass is 10.1. The molecule has 3 heteroatoms. The maximum Gasteiger partial charge on any atom is 0.130 e. The molecule has 1 atom stereocenters. The topological polar surface area (TPSA) is 38.7 Å². The first-order chi connectivity index (χ1) is 13.2. The molecule has 0 fully saturated rings. The number of rotatable bonds is 8. The monoisotopic (exact) mass is 360 g/mol. The quantitative estimate of drug-likeness (QED) is 0.597. The first-order valence-electron chi connectivity index (χ1n) is 9.04. The molecule has 0 heterocycles. The molecule has 27 heavy (non-hydrogen) atoms. The first kappa shape index (κ1) is 18.7. The molecule has 0 saturated carbocycles. The van der Waals surface area contributed by atoms with Crippen molar-refractivity contribution >= 4 is 6.08 Å². The second kappa shape index (κ2) is 9.60. The highest BCUT2D eigenvalue weighted by atomic mass is 16.5. The third-order valence-corrected chi connectivity index (χ3v) is 4.02. The summed E-state index contributed by atoms with van der Waals surface area (Å²) in [6, 6.07) is 25.8. The minimum Gasteiger partial charge on any atom is -0.489 e. The summed E-state index contributed by atoms with van der Waals surface area (Å²) in [6.07, 6.45) is 3.09. The molecule has 0 aromatic heterocycles. The summed E-state index contributed by atoms with van der Waals surface area (Å²) in [4.78, 5) is 0. The molecule has 0 aliphatic carbocycles. The van der Waals surface area contributed by atoms with E-state index in [1.54, 1.807) is 13.0 Å². The molecule has 138 valence electrons. The second-order valence-electron chi connectivity index (χ2n) is 6.35. The Morgan fingerprint density at radius 1 is 0.815 bits per heavy atom. The number of aliphatic hydroxyl groups is 1. The van der Waals surface area contributed by atoms with Crippen LogP contribution in [0, 0.1) is 0 Å². The highest BCUT2D eigenvalue weighted by molar-refractivity contribution is 5.59. The molecule has 0 bridgehead atoms. The van der Waals surface area contributed by atoms with E-state index in [1.165, 1.54) is 0 Å². The van der Waals surface area contributed by atoms with Gasteiger partial charge in [-0.25, -0.2) is 0 Å². The summed E-state index contributed by atoms with van der Waals surface area (Å²) in [5.41, 5.74) is 3.11. The molecule has 0 aliphatic rings. The van der Waals surface area contributed by atoms with Crippen LogP contribution in [0.2, 0.25) is 0 Å². The summed E-state index contributed by atoms with van der Waals surface area (Å²) < 4.78 is 11.9. The summed E-state index contributed by atoms with van der Waals surface area (Å²) in [5, 5.41) is 9.53. The number of benzene rings is 3. The van der Waals surface area contributed by atoms with E-state index in [1.807, 2.05) is 84.9 Å². The van der Waals surface area contributed by atoms with E-state index < -0.39 is 6.10 Å². The molecule has 0 amide bonds. The van der Waals surface area contributed by atoms with E-state index in [2.05, 4.69) is 0 Å². The normalized spacial score (nSPS) is 12.1. The molecule has 1 N–H and O–H groups in total. The second-order valence-corrected chi connectivity index (χ2v) is 6.35. The van der Waals surface area contributed by atoms with Crippen LogP contribution >= 0.6 is 0 Å². The SMILES string of the molecule is CC(O)C=Cc1ccc(OCc2ccccc2)cc1OCc1ccccc1. The minimum atomic E-state index is -0.513. The Labute approximate surface area is 160 Å². The van der Waals surface area contributed by atoms with Gasteiger partial charge >= 0.3 is 0 Å². The van der Waals surface area contributed by atoms with Crippen molar-refractivity contribution in [1.29, 1.82) is 0 Å². The van der Waals surface area contributed by atoms with Crippen LogP contribution in [-0.4, -0.2) is 11.2 Å². The molecule has 0 radical (unpaired) electrons. The van der Waals surface area contributed by atoms with E-state index >= 15 is 0 Å². The van der Waals surface area contributed by atoms with Crippen molar-refractivity contribution in [2.24, 2.45) is 0 Å². The highest BCUT2D eigenvalue weighted by Crippen LogP contribution is 2.28. The maximum absolute atomic E-state index is 9.53. The average Bonchev–Trinajstić information content (AvgIpc) is 2.71. The lowest BCUT2D eigenvalue weighted by Crippen LogP contribution is -1.99. The number of ether oxygens (including phenoxy) is 2. The van der Waals surface area contributed by atoms with Gasteiger partial charge in [0.05, 0.1) is 6.10 Å². The molecule has 3 aromatic rings. The Bertz CT molecular complexity index is 855. The average molecular weight is 360 g/mol. The molecule has 3 nitrogen and oxygen atoms in total. The van der Waals surface area contributed by atoms with Crippen molar-refractivity contribution in [2.45, 2.75) is 26.2 Å². The minimum absolute atomic E-state index is 0.471. The van der Waals surface area contributed by atoms with Crippen molar-refractivity contribution < 1.29 is 14.6 Å². The molecule has 3 aromatic carbocycles. The van der Waals surface area contributed by atoms with Gasteiger partial charge in [0.15, 0.2) is 0 Å². The predicted molar refractivity (Wildman–Crippen MR) is 109 cm³/mol. The fourth-order valence-corrected chi connectivity index (χ4v) is 2.59. The predicted octanol–water partition coefficient (Wildman–Crippen LogP) is 5.24. The summed E-state index contributed by atoms with van der Waals surface area (Å²) >= 11 is 0. The van der Waals surface area contributed by atoms with E-state index in [0.29, 0.717) is 13.2 Å². The van der Waals surface area contributed by atoms with Crippen molar-refractivity contribution in [3.05, 3.63) is 102 Å². The fraction of sp³-hybridized carbons (Fsp3) is 0.167. The van der Waals surface area contributed by atoms with Crippen LogP contribution in [0.3, 0.4) is 0 Å².